The van der Waals surface area contributed by atoms with Gasteiger partial charge < -0.3 is 15.0 Å². The Morgan fingerprint density at radius 1 is 1.39 bits per heavy atom. The van der Waals surface area contributed by atoms with Crippen molar-refractivity contribution in [1.29, 1.82) is 0 Å². The van der Waals surface area contributed by atoms with E-state index in [9.17, 15) is 9.90 Å². The van der Waals surface area contributed by atoms with Crippen molar-refractivity contribution in [3.63, 3.8) is 0 Å². The largest absolute Gasteiger partial charge is 0.389 e. The molecule has 5 nitrogen and oxygen atoms in total. The Morgan fingerprint density at radius 2 is 2.22 bits per heavy atom. The predicted octanol–water partition coefficient (Wildman–Crippen LogP) is 2.00. The topological polar surface area (TPSA) is 67.2 Å². The number of benzene rings is 1. The number of imidazole rings is 1. The summed E-state index contributed by atoms with van der Waals surface area (Å²) in [6.45, 7) is 2.01. The molecule has 5 heteroatoms. The molecule has 2 N–H and O–H groups in total. The highest BCUT2D eigenvalue weighted by Crippen LogP contribution is 2.29. The number of aliphatic hydroxyl groups excluding tert-OH is 1. The molecule has 0 radical (unpaired) electrons. The van der Waals surface area contributed by atoms with Crippen LogP contribution < -0.4 is 5.32 Å². The van der Waals surface area contributed by atoms with Crippen LogP contribution in [-0.4, -0.2) is 32.7 Å². The number of nitrogens with zero attached hydrogens (tertiary/aromatic N) is 2. The van der Waals surface area contributed by atoms with Gasteiger partial charge in [-0.2, -0.15) is 0 Å². The van der Waals surface area contributed by atoms with Crippen LogP contribution in [0.2, 0.25) is 0 Å². The third kappa shape index (κ3) is 3.62. The number of amides is 1. The molecule has 23 heavy (non-hydrogen) atoms. The molecule has 1 amide bonds. The van der Waals surface area contributed by atoms with Crippen molar-refractivity contribution in [2.24, 2.45) is 0 Å². The first kappa shape index (κ1) is 15.7. The first-order chi connectivity index (χ1) is 11.1. The Labute approximate surface area is 136 Å². The van der Waals surface area contributed by atoms with Gasteiger partial charge in [0.2, 0.25) is 5.91 Å². The molecule has 1 aromatic carbocycles. The fourth-order valence-corrected chi connectivity index (χ4v) is 3.34. The molecule has 1 aromatic heterocycles. The van der Waals surface area contributed by atoms with E-state index in [-0.39, 0.29) is 18.0 Å². The molecule has 1 fully saturated rings. The second-order valence-electron chi connectivity index (χ2n) is 6.28. The minimum absolute atomic E-state index is 0.0185. The second-order valence-corrected chi connectivity index (χ2v) is 6.28. The number of carbonyl (C=O) groups excluding carboxylic acids is 1. The zero-order chi connectivity index (χ0) is 16.2. The van der Waals surface area contributed by atoms with Crippen LogP contribution >= 0.6 is 0 Å². The van der Waals surface area contributed by atoms with E-state index in [1.54, 1.807) is 12.5 Å². The Morgan fingerprint density at radius 3 is 2.96 bits per heavy atom. The highest BCUT2D eigenvalue weighted by molar-refractivity contribution is 5.79. The minimum Gasteiger partial charge on any atom is -0.389 e. The molecule has 122 valence electrons. The van der Waals surface area contributed by atoms with Crippen LogP contribution in [0.5, 0.6) is 0 Å². The standard InChI is InChI=1S/C18H23N3O2/c1-13-5-2-3-6-14(13)11-17(22)20-15-7-4-8-16(18(15)23)21-10-9-19-12-21/h2-3,5-6,9-10,12,15-16,18,23H,4,7-8,11H2,1H3,(H,20,22)/t15-,16-,18-/m1/s1. The lowest BCUT2D eigenvalue weighted by atomic mass is 9.87. The molecule has 1 aliphatic rings. The van der Waals surface area contributed by atoms with Gasteiger partial charge in [0.05, 0.1) is 30.9 Å². The SMILES string of the molecule is Cc1ccccc1CC(=O)N[C@@H]1CCC[C@@H](n2ccnc2)[C@@H]1O. The van der Waals surface area contributed by atoms with Crippen molar-refractivity contribution in [3.8, 4) is 0 Å². The molecule has 2 aromatic rings. The lowest BCUT2D eigenvalue weighted by molar-refractivity contribution is -0.122. The molecule has 3 rings (SSSR count). The Bertz CT molecular complexity index is 654. The summed E-state index contributed by atoms with van der Waals surface area (Å²) >= 11 is 0. The maximum absolute atomic E-state index is 12.3. The minimum atomic E-state index is -0.584. The highest BCUT2D eigenvalue weighted by Gasteiger charge is 2.33. The molecule has 1 heterocycles. The number of hydrogen-bond acceptors (Lipinski definition) is 3. The Kier molecular flexibility index (Phi) is 4.76. The average Bonchev–Trinajstić information content (AvgIpc) is 3.06. The van der Waals surface area contributed by atoms with E-state index < -0.39 is 6.10 Å². The maximum atomic E-state index is 12.3. The van der Waals surface area contributed by atoms with Gasteiger partial charge >= 0.3 is 0 Å². The quantitative estimate of drug-likeness (QED) is 0.907. The molecule has 3 atom stereocenters. The summed E-state index contributed by atoms with van der Waals surface area (Å²) in [6.07, 6.45) is 7.77. The van der Waals surface area contributed by atoms with Crippen LogP contribution in [0.25, 0.3) is 0 Å². The summed E-state index contributed by atoms with van der Waals surface area (Å²) in [7, 11) is 0. The van der Waals surface area contributed by atoms with Crippen LogP contribution in [0.4, 0.5) is 0 Å². The van der Waals surface area contributed by atoms with Gasteiger partial charge in [-0.05, 0) is 37.3 Å². The molecule has 0 aliphatic heterocycles. The number of carbonyl (C=O) groups is 1. The molecule has 0 saturated heterocycles. The highest BCUT2D eigenvalue weighted by atomic mass is 16.3. The van der Waals surface area contributed by atoms with Crippen LogP contribution in [0.3, 0.4) is 0 Å². The fourth-order valence-electron chi connectivity index (χ4n) is 3.34. The number of aliphatic hydroxyl groups is 1. The van der Waals surface area contributed by atoms with Gasteiger partial charge in [-0.25, -0.2) is 4.98 Å². The van der Waals surface area contributed by atoms with E-state index >= 15 is 0 Å². The summed E-state index contributed by atoms with van der Waals surface area (Å²) < 4.78 is 1.93. The smallest absolute Gasteiger partial charge is 0.224 e. The predicted molar refractivity (Wildman–Crippen MR) is 87.9 cm³/mol. The summed E-state index contributed by atoms with van der Waals surface area (Å²) in [6, 6.07) is 7.67. The molecule has 1 aliphatic carbocycles. The molecule has 1 saturated carbocycles. The summed E-state index contributed by atoms with van der Waals surface area (Å²) in [5.74, 6) is -0.0327. The van der Waals surface area contributed by atoms with E-state index in [2.05, 4.69) is 10.3 Å². The van der Waals surface area contributed by atoms with E-state index in [0.717, 1.165) is 30.4 Å². The number of hydrogen-bond donors (Lipinski definition) is 2. The van der Waals surface area contributed by atoms with Crippen molar-refractivity contribution < 1.29 is 9.90 Å². The van der Waals surface area contributed by atoms with Gasteiger partial charge in [0.1, 0.15) is 0 Å². The van der Waals surface area contributed by atoms with Gasteiger partial charge in [-0.1, -0.05) is 24.3 Å². The van der Waals surface area contributed by atoms with Crippen LogP contribution in [0.1, 0.15) is 36.4 Å². The van der Waals surface area contributed by atoms with Crippen molar-refractivity contribution in [3.05, 3.63) is 54.1 Å². The number of aromatic nitrogens is 2. The van der Waals surface area contributed by atoms with Gasteiger partial charge in [-0.15, -0.1) is 0 Å². The van der Waals surface area contributed by atoms with Crippen molar-refractivity contribution in [2.45, 2.75) is 50.8 Å². The molecular formula is C18H23N3O2. The number of rotatable bonds is 4. The summed E-state index contributed by atoms with van der Waals surface area (Å²) in [5, 5.41) is 13.6. The zero-order valence-electron chi connectivity index (χ0n) is 13.4. The summed E-state index contributed by atoms with van der Waals surface area (Å²) in [4.78, 5) is 16.4. The Balaban J connectivity index is 1.63. The fraction of sp³-hybridized carbons (Fsp3) is 0.444. The third-order valence-electron chi connectivity index (χ3n) is 4.69. The molecule has 0 bridgehead atoms. The monoisotopic (exact) mass is 313 g/mol. The van der Waals surface area contributed by atoms with Crippen LogP contribution in [0, 0.1) is 6.92 Å². The van der Waals surface area contributed by atoms with Gasteiger partial charge in [0.15, 0.2) is 0 Å². The van der Waals surface area contributed by atoms with E-state index in [4.69, 9.17) is 0 Å². The average molecular weight is 313 g/mol. The first-order valence-electron chi connectivity index (χ1n) is 8.14. The van der Waals surface area contributed by atoms with Crippen LogP contribution in [0.15, 0.2) is 43.0 Å². The number of nitrogens with one attached hydrogen (secondary N) is 1. The summed E-state index contributed by atoms with van der Waals surface area (Å²) in [5.41, 5.74) is 2.14. The maximum Gasteiger partial charge on any atom is 0.224 e. The third-order valence-corrected chi connectivity index (χ3v) is 4.69. The second kappa shape index (κ2) is 6.96. The van der Waals surface area contributed by atoms with E-state index in [1.165, 1.54) is 0 Å². The lowest BCUT2D eigenvalue weighted by Gasteiger charge is -2.35. The van der Waals surface area contributed by atoms with Crippen molar-refractivity contribution in [1.82, 2.24) is 14.9 Å². The van der Waals surface area contributed by atoms with E-state index in [0.29, 0.717) is 6.42 Å². The molecular weight excluding hydrogens is 290 g/mol. The van der Waals surface area contributed by atoms with Crippen molar-refractivity contribution in [2.75, 3.05) is 0 Å². The van der Waals surface area contributed by atoms with Gasteiger partial charge in [0, 0.05) is 12.4 Å². The number of aryl methyl sites for hydroxylation is 1. The van der Waals surface area contributed by atoms with Crippen molar-refractivity contribution >= 4 is 5.91 Å². The first-order valence-corrected chi connectivity index (χ1v) is 8.14. The molecule has 0 unspecified atom stereocenters. The Hall–Kier alpha value is -2.14. The van der Waals surface area contributed by atoms with E-state index in [1.807, 2.05) is 42.0 Å². The normalized spacial score (nSPS) is 24.3. The van der Waals surface area contributed by atoms with Gasteiger partial charge in [-0.3, -0.25) is 4.79 Å². The van der Waals surface area contributed by atoms with Gasteiger partial charge in [0.25, 0.3) is 0 Å². The van der Waals surface area contributed by atoms with Crippen LogP contribution in [-0.2, 0) is 11.2 Å². The lowest BCUT2D eigenvalue weighted by Crippen LogP contribution is -2.49. The zero-order valence-corrected chi connectivity index (χ0v) is 13.4. The molecule has 0 spiro atoms.